The molecule has 0 spiro atoms. The first-order valence-electron chi connectivity index (χ1n) is 8.75. The number of carbonyl (C=O) groups is 2. The third kappa shape index (κ3) is 3.33. The van der Waals surface area contributed by atoms with Crippen molar-refractivity contribution in [2.75, 3.05) is 23.9 Å². The molecule has 1 saturated heterocycles. The average Bonchev–Trinajstić information content (AvgIpc) is 3.10. The number of fused-ring (bicyclic) bond motifs is 1. The Morgan fingerprint density at radius 1 is 1.19 bits per heavy atom. The molecule has 0 bridgehead atoms. The van der Waals surface area contributed by atoms with Crippen LogP contribution in [0.4, 0.5) is 11.4 Å². The summed E-state index contributed by atoms with van der Waals surface area (Å²) in [5.74, 6) is 0.0176. The van der Waals surface area contributed by atoms with Gasteiger partial charge in [0, 0.05) is 36.3 Å². The molecule has 1 aliphatic heterocycles. The van der Waals surface area contributed by atoms with Crippen LogP contribution >= 0.6 is 0 Å². The van der Waals surface area contributed by atoms with Gasteiger partial charge in [-0.3, -0.25) is 14.6 Å². The summed E-state index contributed by atoms with van der Waals surface area (Å²) in [6, 6.07) is 16.7. The Balaban J connectivity index is 1.52. The first-order valence-corrected chi connectivity index (χ1v) is 8.75. The number of benzene rings is 2. The maximum absolute atomic E-state index is 12.8. The predicted molar refractivity (Wildman–Crippen MR) is 104 cm³/mol. The summed E-state index contributed by atoms with van der Waals surface area (Å²) < 4.78 is 5.22. The number of methoxy groups -OCH3 is 1. The molecule has 1 unspecified atom stereocenters. The molecule has 2 heterocycles. The minimum atomic E-state index is -0.414. The molecule has 1 aromatic heterocycles. The molecule has 6 nitrogen and oxygen atoms in total. The lowest BCUT2D eigenvalue weighted by atomic mass is 10.1. The van der Waals surface area contributed by atoms with Gasteiger partial charge < -0.3 is 15.0 Å². The van der Waals surface area contributed by atoms with Crippen molar-refractivity contribution in [2.45, 2.75) is 6.42 Å². The van der Waals surface area contributed by atoms with E-state index in [-0.39, 0.29) is 18.2 Å². The van der Waals surface area contributed by atoms with E-state index in [0.29, 0.717) is 18.0 Å². The van der Waals surface area contributed by atoms with Gasteiger partial charge in [0.15, 0.2) is 0 Å². The highest BCUT2D eigenvalue weighted by Crippen LogP contribution is 2.29. The number of hydrogen-bond acceptors (Lipinski definition) is 4. The van der Waals surface area contributed by atoms with Gasteiger partial charge in [-0.05, 0) is 24.3 Å². The second-order valence-corrected chi connectivity index (χ2v) is 6.48. The minimum absolute atomic E-state index is 0.0700. The van der Waals surface area contributed by atoms with E-state index in [1.807, 2.05) is 48.5 Å². The molecule has 136 valence electrons. The van der Waals surface area contributed by atoms with Gasteiger partial charge in [-0.2, -0.15) is 0 Å². The fourth-order valence-corrected chi connectivity index (χ4v) is 3.35. The average molecular weight is 361 g/mol. The largest absolute Gasteiger partial charge is 0.497 e. The van der Waals surface area contributed by atoms with Crippen molar-refractivity contribution in [2.24, 2.45) is 5.92 Å². The van der Waals surface area contributed by atoms with Gasteiger partial charge in [-0.1, -0.05) is 24.3 Å². The number of carbonyl (C=O) groups excluding carboxylic acids is 2. The second kappa shape index (κ2) is 7.07. The van der Waals surface area contributed by atoms with Crippen LogP contribution in [-0.2, 0) is 9.59 Å². The predicted octanol–water partition coefficient (Wildman–Crippen LogP) is 3.24. The van der Waals surface area contributed by atoms with E-state index in [1.165, 1.54) is 0 Å². The Kier molecular flexibility index (Phi) is 4.46. The van der Waals surface area contributed by atoms with Gasteiger partial charge in [0.05, 0.1) is 24.2 Å². The first-order chi connectivity index (χ1) is 13.2. The quantitative estimate of drug-likeness (QED) is 0.774. The van der Waals surface area contributed by atoms with Crippen molar-refractivity contribution in [3.05, 3.63) is 60.8 Å². The van der Waals surface area contributed by atoms with Crippen molar-refractivity contribution >= 4 is 34.1 Å². The number of pyridine rings is 1. The molecule has 1 N–H and O–H groups in total. The van der Waals surface area contributed by atoms with Gasteiger partial charge in [0.25, 0.3) is 0 Å². The topological polar surface area (TPSA) is 71.5 Å². The summed E-state index contributed by atoms with van der Waals surface area (Å²) in [5.41, 5.74) is 2.13. The lowest BCUT2D eigenvalue weighted by molar-refractivity contribution is -0.122. The molecule has 6 heteroatoms. The Bertz CT molecular complexity index is 1010. The van der Waals surface area contributed by atoms with Crippen LogP contribution in [0.1, 0.15) is 6.42 Å². The van der Waals surface area contributed by atoms with E-state index in [4.69, 9.17) is 4.74 Å². The Hall–Kier alpha value is -3.41. The van der Waals surface area contributed by atoms with Crippen LogP contribution in [0.5, 0.6) is 5.75 Å². The van der Waals surface area contributed by atoms with Crippen LogP contribution in [0, 0.1) is 5.92 Å². The number of anilines is 2. The standard InChI is InChI=1S/C21H19N3O3/c1-27-17-8-3-7-16(12-17)24-13-15(11-19(24)25)21(26)23-18-9-2-5-14-6-4-10-22-20(14)18/h2-10,12,15H,11,13H2,1H3,(H,23,26). The lowest BCUT2D eigenvalue weighted by Gasteiger charge is -2.17. The van der Waals surface area contributed by atoms with Crippen LogP contribution in [0.15, 0.2) is 60.8 Å². The molecule has 27 heavy (non-hydrogen) atoms. The van der Waals surface area contributed by atoms with E-state index >= 15 is 0 Å². The molecule has 1 fully saturated rings. The second-order valence-electron chi connectivity index (χ2n) is 6.48. The zero-order chi connectivity index (χ0) is 18.8. The van der Waals surface area contributed by atoms with Crippen LogP contribution in [0.2, 0.25) is 0 Å². The Morgan fingerprint density at radius 2 is 2.00 bits per heavy atom. The van der Waals surface area contributed by atoms with Crippen molar-refractivity contribution in [1.29, 1.82) is 0 Å². The molecule has 0 radical (unpaired) electrons. The molecule has 4 rings (SSSR count). The van der Waals surface area contributed by atoms with Gasteiger partial charge in [0.2, 0.25) is 11.8 Å². The third-order valence-electron chi connectivity index (χ3n) is 4.75. The number of ether oxygens (including phenoxy) is 1. The number of nitrogens with zero attached hydrogens (tertiary/aromatic N) is 2. The van der Waals surface area contributed by atoms with E-state index in [9.17, 15) is 9.59 Å². The number of hydrogen-bond donors (Lipinski definition) is 1. The van der Waals surface area contributed by atoms with Crippen LogP contribution in [0.25, 0.3) is 10.9 Å². The van der Waals surface area contributed by atoms with Crippen LogP contribution in [-0.4, -0.2) is 30.5 Å². The number of rotatable bonds is 4. The molecular formula is C21H19N3O3. The molecular weight excluding hydrogens is 342 g/mol. The van der Waals surface area contributed by atoms with Crippen molar-refractivity contribution in [3.63, 3.8) is 0 Å². The molecule has 1 aliphatic rings. The van der Waals surface area contributed by atoms with E-state index in [2.05, 4.69) is 10.3 Å². The normalized spacial score (nSPS) is 16.6. The monoisotopic (exact) mass is 361 g/mol. The number of nitrogens with one attached hydrogen (secondary N) is 1. The lowest BCUT2D eigenvalue weighted by Crippen LogP contribution is -2.28. The summed E-state index contributed by atoms with van der Waals surface area (Å²) in [6.07, 6.45) is 1.88. The van der Waals surface area contributed by atoms with Gasteiger partial charge in [-0.15, -0.1) is 0 Å². The molecule has 3 aromatic rings. The maximum atomic E-state index is 12.8. The summed E-state index contributed by atoms with van der Waals surface area (Å²) in [4.78, 5) is 31.2. The van der Waals surface area contributed by atoms with E-state index in [0.717, 1.165) is 16.6 Å². The molecule has 0 saturated carbocycles. The van der Waals surface area contributed by atoms with Crippen LogP contribution < -0.4 is 15.0 Å². The number of para-hydroxylation sites is 1. The zero-order valence-electron chi connectivity index (χ0n) is 14.9. The SMILES string of the molecule is COc1cccc(N2CC(C(=O)Nc3cccc4cccnc34)CC2=O)c1. The van der Waals surface area contributed by atoms with E-state index in [1.54, 1.807) is 24.3 Å². The summed E-state index contributed by atoms with van der Waals surface area (Å²) >= 11 is 0. The molecule has 1 atom stereocenters. The number of aromatic nitrogens is 1. The van der Waals surface area contributed by atoms with Crippen molar-refractivity contribution in [1.82, 2.24) is 4.98 Å². The van der Waals surface area contributed by atoms with Gasteiger partial charge in [-0.25, -0.2) is 0 Å². The van der Waals surface area contributed by atoms with Crippen LogP contribution in [0.3, 0.4) is 0 Å². The fraction of sp³-hybridized carbons (Fsp3) is 0.190. The highest BCUT2D eigenvalue weighted by molar-refractivity contribution is 6.06. The van der Waals surface area contributed by atoms with Crippen molar-refractivity contribution in [3.8, 4) is 5.75 Å². The Labute approximate surface area is 156 Å². The molecule has 0 aliphatic carbocycles. The summed E-state index contributed by atoms with van der Waals surface area (Å²) in [5, 5.41) is 3.89. The fourth-order valence-electron chi connectivity index (χ4n) is 3.35. The summed E-state index contributed by atoms with van der Waals surface area (Å²) in [7, 11) is 1.58. The Morgan fingerprint density at radius 3 is 2.85 bits per heavy atom. The first kappa shape index (κ1) is 17.0. The highest BCUT2D eigenvalue weighted by atomic mass is 16.5. The smallest absolute Gasteiger partial charge is 0.229 e. The minimum Gasteiger partial charge on any atom is -0.497 e. The molecule has 2 aromatic carbocycles. The number of amides is 2. The van der Waals surface area contributed by atoms with Crippen molar-refractivity contribution < 1.29 is 14.3 Å². The zero-order valence-corrected chi connectivity index (χ0v) is 14.9. The maximum Gasteiger partial charge on any atom is 0.229 e. The third-order valence-corrected chi connectivity index (χ3v) is 4.75. The van der Waals surface area contributed by atoms with Gasteiger partial charge in [0.1, 0.15) is 5.75 Å². The van der Waals surface area contributed by atoms with E-state index < -0.39 is 5.92 Å². The highest BCUT2D eigenvalue weighted by Gasteiger charge is 2.35. The molecule has 2 amide bonds. The summed E-state index contributed by atoms with van der Waals surface area (Å²) in [6.45, 7) is 0.343. The van der Waals surface area contributed by atoms with Gasteiger partial charge >= 0.3 is 0 Å².